The Hall–Kier alpha value is -2.99. The molecule has 2 atom stereocenters. The first-order valence-corrected chi connectivity index (χ1v) is 13.7. The number of pyridine rings is 1. The van der Waals surface area contributed by atoms with E-state index in [1.807, 2.05) is 32.4 Å². The van der Waals surface area contributed by atoms with Gasteiger partial charge in [0, 0.05) is 43.5 Å². The summed E-state index contributed by atoms with van der Waals surface area (Å²) in [5.41, 5.74) is 3.40. The van der Waals surface area contributed by atoms with E-state index in [2.05, 4.69) is 20.7 Å². The molecular weight excluding hydrogens is 523 g/mol. The Bertz CT molecular complexity index is 1230. The van der Waals surface area contributed by atoms with E-state index in [0.717, 1.165) is 43.5 Å². The topological polar surface area (TPSA) is 90.0 Å². The Morgan fingerprint density at radius 2 is 1.98 bits per heavy atom. The summed E-state index contributed by atoms with van der Waals surface area (Å²) in [6, 6.07) is 9.24. The van der Waals surface area contributed by atoms with Crippen LogP contribution in [-0.4, -0.2) is 71.2 Å². The van der Waals surface area contributed by atoms with Gasteiger partial charge in [0.2, 0.25) is 0 Å². The zero-order valence-corrected chi connectivity index (χ0v) is 22.7. The minimum Gasteiger partial charge on any atom is -0.384 e. The fourth-order valence-electron chi connectivity index (χ4n) is 5.77. The van der Waals surface area contributed by atoms with Crippen LogP contribution in [0.1, 0.15) is 54.5 Å². The quantitative estimate of drug-likeness (QED) is 0.479. The molecule has 1 unspecified atom stereocenters. The Morgan fingerprint density at radius 3 is 2.65 bits per heavy atom. The number of hydrogen-bond donors (Lipinski definition) is 3. The first-order valence-electron chi connectivity index (χ1n) is 13.7. The summed E-state index contributed by atoms with van der Waals surface area (Å²) in [5, 5.41) is 14.9. The maximum atomic E-state index is 13.1. The fourth-order valence-corrected chi connectivity index (χ4v) is 5.77. The number of aromatic nitrogens is 1. The lowest BCUT2D eigenvalue weighted by Gasteiger charge is -2.37. The molecule has 1 saturated heterocycles. The second kappa shape index (κ2) is 11.5. The number of carbonyl (C=O) groups is 1. The maximum Gasteiger partial charge on any atom is 0.416 e. The number of hydroxylamine groups is 1. The van der Waals surface area contributed by atoms with Crippen molar-refractivity contribution in [2.24, 2.45) is 0 Å². The molecule has 11 heteroatoms. The van der Waals surface area contributed by atoms with Gasteiger partial charge in [-0.25, -0.2) is 0 Å². The van der Waals surface area contributed by atoms with E-state index < -0.39 is 23.4 Å². The standard InChI is InChI=1S/C29H36F3N5O3/c1-36(2)17-19-6-7-26(33-16-19)28(39)11-8-22(9-12-28)34-23-10-13-37(18-23)27(38)25-15-24(35-40-25)20-4-3-5-21(14-20)29(30,31)32/h3-7,14-16,22-23,25,34-35,39H,8-13,17-18H2,1-2H3/t22?,23-,25?,28?/m0/s1. The van der Waals surface area contributed by atoms with Crippen LogP contribution in [-0.2, 0) is 28.0 Å². The molecule has 1 amide bonds. The van der Waals surface area contributed by atoms with E-state index in [4.69, 9.17) is 4.84 Å². The number of halogens is 3. The number of carbonyl (C=O) groups excluding carboxylic acids is 1. The number of alkyl halides is 3. The van der Waals surface area contributed by atoms with Gasteiger partial charge in [0.05, 0.1) is 17.0 Å². The zero-order chi connectivity index (χ0) is 28.5. The number of hydrogen-bond acceptors (Lipinski definition) is 7. The Labute approximate surface area is 232 Å². The van der Waals surface area contributed by atoms with Crippen molar-refractivity contribution in [2.75, 3.05) is 27.2 Å². The van der Waals surface area contributed by atoms with Crippen LogP contribution >= 0.6 is 0 Å². The van der Waals surface area contributed by atoms with Crippen molar-refractivity contribution in [3.63, 3.8) is 0 Å². The molecule has 3 N–H and O–H groups in total. The molecule has 2 aromatic rings. The fraction of sp³-hybridized carbons (Fsp3) is 0.517. The van der Waals surface area contributed by atoms with E-state index in [1.165, 1.54) is 12.1 Å². The first-order chi connectivity index (χ1) is 19.0. The summed E-state index contributed by atoms with van der Waals surface area (Å²) in [4.78, 5) is 26.9. The summed E-state index contributed by atoms with van der Waals surface area (Å²) in [5.74, 6) is -0.222. The van der Waals surface area contributed by atoms with Gasteiger partial charge >= 0.3 is 6.18 Å². The number of likely N-dealkylation sites (tertiary alicyclic amines) is 1. The molecule has 0 radical (unpaired) electrons. The van der Waals surface area contributed by atoms with Crippen LogP contribution in [0.15, 0.2) is 48.7 Å². The molecule has 0 bridgehead atoms. The van der Waals surface area contributed by atoms with Gasteiger partial charge in [-0.2, -0.15) is 13.2 Å². The zero-order valence-electron chi connectivity index (χ0n) is 22.7. The highest BCUT2D eigenvalue weighted by molar-refractivity contribution is 5.86. The van der Waals surface area contributed by atoms with E-state index in [-0.39, 0.29) is 18.0 Å². The van der Waals surface area contributed by atoms with Crippen molar-refractivity contribution in [2.45, 2.75) is 68.6 Å². The average Bonchev–Trinajstić information content (AvgIpc) is 3.60. The van der Waals surface area contributed by atoms with Crippen LogP contribution < -0.4 is 10.8 Å². The molecule has 1 aromatic heterocycles. The van der Waals surface area contributed by atoms with E-state index in [9.17, 15) is 23.1 Å². The summed E-state index contributed by atoms with van der Waals surface area (Å²) in [7, 11) is 4.01. The smallest absolute Gasteiger partial charge is 0.384 e. The molecule has 40 heavy (non-hydrogen) atoms. The van der Waals surface area contributed by atoms with E-state index in [1.54, 1.807) is 11.0 Å². The van der Waals surface area contributed by atoms with Crippen LogP contribution in [0.2, 0.25) is 0 Å². The van der Waals surface area contributed by atoms with Gasteiger partial charge in [0.1, 0.15) is 5.60 Å². The Balaban J connectivity index is 1.11. The normalized spacial score (nSPS) is 27.1. The predicted molar refractivity (Wildman–Crippen MR) is 143 cm³/mol. The van der Waals surface area contributed by atoms with Crippen LogP contribution in [0, 0.1) is 0 Å². The van der Waals surface area contributed by atoms with E-state index >= 15 is 0 Å². The average molecular weight is 560 g/mol. The van der Waals surface area contributed by atoms with Crippen molar-refractivity contribution in [3.05, 3.63) is 71.1 Å². The van der Waals surface area contributed by atoms with Gasteiger partial charge in [-0.3, -0.25) is 20.1 Å². The molecule has 1 aromatic carbocycles. The van der Waals surface area contributed by atoms with Crippen LogP contribution in [0.25, 0.3) is 5.70 Å². The summed E-state index contributed by atoms with van der Waals surface area (Å²) >= 11 is 0. The lowest BCUT2D eigenvalue weighted by atomic mass is 9.79. The summed E-state index contributed by atoms with van der Waals surface area (Å²) in [6.07, 6.45) is 1.66. The van der Waals surface area contributed by atoms with E-state index in [0.29, 0.717) is 42.9 Å². The highest BCUT2D eigenvalue weighted by Gasteiger charge is 2.39. The minimum absolute atomic E-state index is 0.130. The lowest BCUT2D eigenvalue weighted by molar-refractivity contribution is -0.141. The van der Waals surface area contributed by atoms with Crippen molar-refractivity contribution in [1.29, 1.82) is 0 Å². The largest absolute Gasteiger partial charge is 0.416 e. The maximum absolute atomic E-state index is 13.1. The first kappa shape index (κ1) is 28.5. The molecule has 3 aliphatic rings. The summed E-state index contributed by atoms with van der Waals surface area (Å²) < 4.78 is 39.2. The Kier molecular flexibility index (Phi) is 8.19. The molecule has 8 nitrogen and oxygen atoms in total. The molecule has 2 fully saturated rings. The van der Waals surface area contributed by atoms with Crippen LogP contribution in [0.4, 0.5) is 13.2 Å². The monoisotopic (exact) mass is 559 g/mol. The van der Waals surface area contributed by atoms with Gasteiger partial charge < -0.3 is 20.2 Å². The molecule has 0 spiro atoms. The molecule has 1 aliphatic carbocycles. The van der Waals surface area contributed by atoms with Crippen LogP contribution in [0.5, 0.6) is 0 Å². The molecule has 1 saturated carbocycles. The third kappa shape index (κ3) is 6.49. The van der Waals surface area contributed by atoms with Crippen molar-refractivity contribution < 1.29 is 27.9 Å². The number of aliphatic hydroxyl groups is 1. The summed E-state index contributed by atoms with van der Waals surface area (Å²) in [6.45, 7) is 1.90. The number of amides is 1. The third-order valence-corrected chi connectivity index (χ3v) is 7.94. The van der Waals surface area contributed by atoms with Gasteiger partial charge in [0.25, 0.3) is 5.91 Å². The number of nitrogens with zero attached hydrogens (tertiary/aromatic N) is 3. The SMILES string of the molecule is CN(C)Cc1ccc(C2(O)CCC(N[C@H]3CCN(C(=O)C4C=C(c5cccc(C(F)(F)F)c5)NO4)C3)CC2)nc1. The second-order valence-electron chi connectivity index (χ2n) is 11.3. The van der Waals surface area contributed by atoms with Gasteiger partial charge in [-0.1, -0.05) is 18.2 Å². The molecular formula is C29H36F3N5O3. The predicted octanol–water partition coefficient (Wildman–Crippen LogP) is 3.43. The Morgan fingerprint density at radius 1 is 1.20 bits per heavy atom. The van der Waals surface area contributed by atoms with Crippen molar-refractivity contribution >= 4 is 11.6 Å². The molecule has 2 aliphatic heterocycles. The molecule has 5 rings (SSSR count). The van der Waals surface area contributed by atoms with Gasteiger partial charge in [-0.05, 0) is 76.0 Å². The highest BCUT2D eigenvalue weighted by Crippen LogP contribution is 2.37. The van der Waals surface area contributed by atoms with Gasteiger partial charge in [-0.15, -0.1) is 0 Å². The second-order valence-corrected chi connectivity index (χ2v) is 11.3. The lowest BCUT2D eigenvalue weighted by Crippen LogP contribution is -2.46. The van der Waals surface area contributed by atoms with Gasteiger partial charge in [0.15, 0.2) is 6.10 Å². The molecule has 3 heterocycles. The van der Waals surface area contributed by atoms with Crippen molar-refractivity contribution in [1.82, 2.24) is 25.6 Å². The third-order valence-electron chi connectivity index (χ3n) is 7.94. The van der Waals surface area contributed by atoms with Crippen LogP contribution in [0.3, 0.4) is 0 Å². The van der Waals surface area contributed by atoms with Crippen molar-refractivity contribution in [3.8, 4) is 0 Å². The number of rotatable bonds is 7. The number of benzene rings is 1. The minimum atomic E-state index is -4.45. The highest BCUT2D eigenvalue weighted by atomic mass is 19.4. The molecule has 216 valence electrons. The number of nitrogens with one attached hydrogen (secondary N) is 2.